The second-order valence-corrected chi connectivity index (χ2v) is 6.35. The Balaban J connectivity index is 1.75. The van der Waals surface area contributed by atoms with Crippen molar-refractivity contribution >= 4 is 22.9 Å². The highest BCUT2D eigenvalue weighted by Crippen LogP contribution is 2.32. The number of rotatable bonds is 3. The number of fused-ring (bicyclic) bond motifs is 1. The monoisotopic (exact) mass is 315 g/mol. The molecular formula is C15H21N7O. The van der Waals surface area contributed by atoms with Gasteiger partial charge < -0.3 is 26.0 Å². The van der Waals surface area contributed by atoms with E-state index in [1.54, 1.807) is 6.33 Å². The highest BCUT2D eigenvalue weighted by atomic mass is 16.3. The van der Waals surface area contributed by atoms with Gasteiger partial charge in [-0.2, -0.15) is 9.97 Å². The average molecular weight is 315 g/mol. The van der Waals surface area contributed by atoms with Gasteiger partial charge in [0.25, 0.3) is 0 Å². The van der Waals surface area contributed by atoms with Gasteiger partial charge in [0.1, 0.15) is 0 Å². The van der Waals surface area contributed by atoms with Gasteiger partial charge in [-0.15, -0.1) is 0 Å². The van der Waals surface area contributed by atoms with Crippen molar-refractivity contribution in [1.29, 1.82) is 0 Å². The van der Waals surface area contributed by atoms with Crippen LogP contribution in [0, 0.1) is 5.92 Å². The van der Waals surface area contributed by atoms with Crippen LogP contribution in [0.1, 0.15) is 18.9 Å². The minimum absolute atomic E-state index is 0.139. The number of hydrogen-bond acceptors (Lipinski definition) is 7. The molecule has 0 saturated carbocycles. The van der Waals surface area contributed by atoms with Gasteiger partial charge in [-0.05, 0) is 12.8 Å². The van der Waals surface area contributed by atoms with Crippen molar-refractivity contribution in [3.05, 3.63) is 18.5 Å². The lowest BCUT2D eigenvalue weighted by molar-refractivity contribution is 0.244. The number of hydrogen-bond donors (Lipinski definition) is 3. The number of anilines is 2. The molecule has 2 aromatic heterocycles. The fourth-order valence-corrected chi connectivity index (χ4v) is 3.46. The normalized spacial score (nSPS) is 27.4. The third kappa shape index (κ3) is 2.43. The summed E-state index contributed by atoms with van der Waals surface area (Å²) >= 11 is 0. The number of nitrogen functional groups attached to an aromatic ring is 1. The Hall–Kier alpha value is -2.19. The van der Waals surface area contributed by atoms with Crippen LogP contribution in [0.25, 0.3) is 11.2 Å². The highest BCUT2D eigenvalue weighted by molar-refractivity contribution is 5.85. The number of nitrogens with zero attached hydrogens (tertiary/aromatic N) is 5. The van der Waals surface area contributed by atoms with Crippen LogP contribution in [0.2, 0.25) is 0 Å². The van der Waals surface area contributed by atoms with Crippen LogP contribution >= 0.6 is 0 Å². The maximum absolute atomic E-state index is 9.31. The molecule has 3 heterocycles. The van der Waals surface area contributed by atoms with E-state index in [2.05, 4.69) is 25.9 Å². The molecule has 2 aromatic rings. The predicted octanol–water partition coefficient (Wildman–Crippen LogP) is 0.0554. The van der Waals surface area contributed by atoms with E-state index in [1.165, 1.54) is 0 Å². The molecule has 0 aromatic carbocycles. The first-order valence-electron chi connectivity index (χ1n) is 7.95. The summed E-state index contributed by atoms with van der Waals surface area (Å²) in [5.41, 5.74) is 13.4. The topological polar surface area (TPSA) is 119 Å². The van der Waals surface area contributed by atoms with Crippen LogP contribution in [-0.4, -0.2) is 50.4 Å². The van der Waals surface area contributed by atoms with Crippen molar-refractivity contribution in [2.24, 2.45) is 11.7 Å². The maximum Gasteiger partial charge on any atom is 0.224 e. The van der Waals surface area contributed by atoms with Crippen LogP contribution in [0.3, 0.4) is 0 Å². The van der Waals surface area contributed by atoms with Crippen LogP contribution in [-0.2, 0) is 0 Å². The summed E-state index contributed by atoms with van der Waals surface area (Å²) < 4.78 is 2.01. The summed E-state index contributed by atoms with van der Waals surface area (Å²) in [5, 5.41) is 9.31. The van der Waals surface area contributed by atoms with E-state index in [-0.39, 0.29) is 30.6 Å². The Morgan fingerprint density at radius 3 is 2.87 bits per heavy atom. The van der Waals surface area contributed by atoms with E-state index in [0.717, 1.165) is 42.9 Å². The Morgan fingerprint density at radius 1 is 1.30 bits per heavy atom. The first-order valence-corrected chi connectivity index (χ1v) is 7.95. The van der Waals surface area contributed by atoms with Crippen molar-refractivity contribution in [1.82, 2.24) is 19.5 Å². The minimum Gasteiger partial charge on any atom is -0.396 e. The second kappa shape index (κ2) is 5.47. The molecule has 0 bridgehead atoms. The molecule has 3 unspecified atom stereocenters. The Morgan fingerprint density at radius 2 is 2.17 bits per heavy atom. The van der Waals surface area contributed by atoms with Crippen LogP contribution < -0.4 is 16.4 Å². The molecule has 0 amide bonds. The molecule has 8 nitrogen and oxygen atoms in total. The third-order valence-electron chi connectivity index (χ3n) is 4.69. The van der Waals surface area contributed by atoms with Gasteiger partial charge in [0.2, 0.25) is 5.95 Å². The van der Waals surface area contributed by atoms with E-state index in [0.29, 0.717) is 0 Å². The lowest BCUT2D eigenvalue weighted by Gasteiger charge is -2.18. The molecule has 1 saturated heterocycles. The number of aromatic nitrogens is 4. The van der Waals surface area contributed by atoms with Gasteiger partial charge in [0.05, 0.1) is 12.4 Å². The number of nitrogens with two attached hydrogens (primary N) is 2. The van der Waals surface area contributed by atoms with Crippen LogP contribution in [0.15, 0.2) is 18.5 Å². The van der Waals surface area contributed by atoms with Crippen molar-refractivity contribution < 1.29 is 5.11 Å². The molecule has 4 rings (SSSR count). The smallest absolute Gasteiger partial charge is 0.224 e. The third-order valence-corrected chi connectivity index (χ3v) is 4.69. The zero-order valence-electron chi connectivity index (χ0n) is 12.8. The van der Waals surface area contributed by atoms with E-state index in [1.807, 2.05) is 10.6 Å². The molecule has 1 aliphatic heterocycles. The fraction of sp³-hybridized carbons (Fsp3) is 0.533. The van der Waals surface area contributed by atoms with E-state index in [9.17, 15) is 5.11 Å². The van der Waals surface area contributed by atoms with Crippen molar-refractivity contribution in [3.8, 4) is 0 Å². The predicted molar refractivity (Wildman–Crippen MR) is 87.9 cm³/mol. The summed E-state index contributed by atoms with van der Waals surface area (Å²) in [6.07, 6.45) is 7.70. The van der Waals surface area contributed by atoms with Crippen molar-refractivity contribution in [2.45, 2.75) is 24.9 Å². The minimum atomic E-state index is 0.139. The fourth-order valence-electron chi connectivity index (χ4n) is 3.46. The summed E-state index contributed by atoms with van der Waals surface area (Å²) in [6.45, 7) is 1.78. The number of imidazole rings is 1. The van der Waals surface area contributed by atoms with Gasteiger partial charge in [-0.1, -0.05) is 12.2 Å². The zero-order chi connectivity index (χ0) is 16.0. The Kier molecular flexibility index (Phi) is 3.42. The van der Waals surface area contributed by atoms with Gasteiger partial charge in [-0.25, -0.2) is 4.98 Å². The van der Waals surface area contributed by atoms with Crippen LogP contribution in [0.5, 0.6) is 0 Å². The van der Waals surface area contributed by atoms with Gasteiger partial charge in [-0.3, -0.25) is 0 Å². The zero-order valence-corrected chi connectivity index (χ0v) is 12.8. The standard InChI is InChI=1S/C15H21N7O/c16-10-3-4-21(6-10)13-12-14(20-15(17)19-13)22(8-18-12)11-2-1-9(5-11)7-23/h1-2,8-11,23H,3-7,16H2,(H2,17,19,20). The number of aliphatic hydroxyl groups is 1. The van der Waals surface area contributed by atoms with Crippen molar-refractivity contribution in [3.63, 3.8) is 0 Å². The molecule has 23 heavy (non-hydrogen) atoms. The summed E-state index contributed by atoms with van der Waals surface area (Å²) in [5.74, 6) is 1.20. The van der Waals surface area contributed by atoms with Gasteiger partial charge >= 0.3 is 0 Å². The highest BCUT2D eigenvalue weighted by Gasteiger charge is 2.27. The molecule has 5 N–H and O–H groups in total. The Bertz CT molecular complexity index is 756. The second-order valence-electron chi connectivity index (χ2n) is 6.35. The molecule has 0 spiro atoms. The summed E-state index contributed by atoms with van der Waals surface area (Å²) in [7, 11) is 0. The summed E-state index contributed by atoms with van der Waals surface area (Å²) in [4.78, 5) is 15.4. The first kappa shape index (κ1) is 14.4. The molecule has 3 atom stereocenters. The first-order chi connectivity index (χ1) is 11.2. The van der Waals surface area contributed by atoms with E-state index >= 15 is 0 Å². The average Bonchev–Trinajstić information content (AvgIpc) is 3.24. The van der Waals surface area contributed by atoms with Crippen molar-refractivity contribution in [2.75, 3.05) is 30.3 Å². The SMILES string of the molecule is Nc1nc(N2CCC(N)C2)c2ncn(C3C=CC(CO)C3)c2n1. The molecule has 1 fully saturated rings. The molecule has 1 aliphatic carbocycles. The molecule has 2 aliphatic rings. The lowest BCUT2D eigenvalue weighted by Crippen LogP contribution is -2.27. The largest absolute Gasteiger partial charge is 0.396 e. The molecule has 122 valence electrons. The van der Waals surface area contributed by atoms with E-state index < -0.39 is 0 Å². The summed E-state index contributed by atoms with van der Waals surface area (Å²) in [6, 6.07) is 0.298. The van der Waals surface area contributed by atoms with Gasteiger partial charge in [0, 0.05) is 31.7 Å². The lowest BCUT2D eigenvalue weighted by atomic mass is 10.1. The van der Waals surface area contributed by atoms with Gasteiger partial charge in [0.15, 0.2) is 17.0 Å². The quantitative estimate of drug-likeness (QED) is 0.685. The molecule has 8 heteroatoms. The molecular weight excluding hydrogens is 294 g/mol. The van der Waals surface area contributed by atoms with E-state index in [4.69, 9.17) is 11.5 Å². The molecule has 0 radical (unpaired) electrons. The van der Waals surface area contributed by atoms with Crippen LogP contribution in [0.4, 0.5) is 11.8 Å². The number of allylic oxidation sites excluding steroid dienone is 1. The number of aliphatic hydroxyl groups excluding tert-OH is 1. The Labute approximate surface area is 133 Å². The maximum atomic E-state index is 9.31.